The van der Waals surface area contributed by atoms with Crippen LogP contribution in [0.1, 0.15) is 25.8 Å². The third-order valence-corrected chi connectivity index (χ3v) is 4.62. The molecule has 0 spiro atoms. The SMILES string of the molecule is Cc1ccc(N=c2scc(-c3ccco3)n2CCC(C)C)cc1. The van der Waals surface area contributed by atoms with Crippen molar-refractivity contribution in [3.8, 4) is 11.5 Å². The highest BCUT2D eigenvalue weighted by molar-refractivity contribution is 7.07. The van der Waals surface area contributed by atoms with Crippen LogP contribution in [0.15, 0.2) is 57.5 Å². The number of hydrogen-bond acceptors (Lipinski definition) is 3. The first-order chi connectivity index (χ1) is 11.1. The van der Waals surface area contributed by atoms with E-state index in [1.54, 1.807) is 17.6 Å². The third-order valence-electron chi connectivity index (χ3n) is 3.76. The van der Waals surface area contributed by atoms with Crippen LogP contribution in [0.4, 0.5) is 5.69 Å². The molecule has 2 heterocycles. The number of nitrogens with zero attached hydrogens (tertiary/aromatic N) is 2. The van der Waals surface area contributed by atoms with Gasteiger partial charge in [0.25, 0.3) is 0 Å². The number of rotatable bonds is 5. The summed E-state index contributed by atoms with van der Waals surface area (Å²) in [5.41, 5.74) is 3.34. The first-order valence-corrected chi connectivity index (χ1v) is 8.85. The van der Waals surface area contributed by atoms with Crippen LogP contribution in [0.5, 0.6) is 0 Å². The molecule has 4 heteroatoms. The van der Waals surface area contributed by atoms with Gasteiger partial charge in [0.2, 0.25) is 0 Å². The molecule has 0 N–H and O–H groups in total. The van der Waals surface area contributed by atoms with Crippen molar-refractivity contribution >= 4 is 17.0 Å². The zero-order valence-electron chi connectivity index (χ0n) is 13.8. The second-order valence-corrected chi connectivity index (χ2v) is 7.00. The molecule has 0 aliphatic rings. The standard InChI is InChI=1S/C19H22N2OS/c1-14(2)10-11-21-17(18-5-4-12-22-18)13-23-19(21)20-16-8-6-15(3)7-9-16/h4-9,12-14H,10-11H2,1-3H3. The van der Waals surface area contributed by atoms with E-state index in [2.05, 4.69) is 55.0 Å². The first kappa shape index (κ1) is 15.8. The molecule has 23 heavy (non-hydrogen) atoms. The molecule has 0 aliphatic heterocycles. The lowest BCUT2D eigenvalue weighted by Crippen LogP contribution is -2.17. The number of aromatic nitrogens is 1. The van der Waals surface area contributed by atoms with Crippen molar-refractivity contribution < 1.29 is 4.42 Å². The largest absolute Gasteiger partial charge is 0.463 e. The minimum absolute atomic E-state index is 0.652. The number of hydrogen-bond donors (Lipinski definition) is 0. The van der Waals surface area contributed by atoms with Gasteiger partial charge in [-0.05, 0) is 43.5 Å². The molecule has 2 aromatic heterocycles. The maximum absolute atomic E-state index is 5.59. The fourth-order valence-electron chi connectivity index (χ4n) is 2.37. The molecule has 0 radical (unpaired) electrons. The van der Waals surface area contributed by atoms with Crippen LogP contribution in [0.25, 0.3) is 11.5 Å². The Balaban J connectivity index is 2.03. The van der Waals surface area contributed by atoms with Crippen LogP contribution in [-0.4, -0.2) is 4.57 Å². The van der Waals surface area contributed by atoms with Crippen LogP contribution in [0.3, 0.4) is 0 Å². The Kier molecular flexibility index (Phi) is 4.82. The fraction of sp³-hybridized carbons (Fsp3) is 0.316. The minimum Gasteiger partial charge on any atom is -0.463 e. The zero-order valence-corrected chi connectivity index (χ0v) is 14.6. The Labute approximate surface area is 140 Å². The molecule has 0 fully saturated rings. The molecule has 0 amide bonds. The van der Waals surface area contributed by atoms with Gasteiger partial charge in [-0.2, -0.15) is 0 Å². The van der Waals surface area contributed by atoms with Crippen molar-refractivity contribution in [1.29, 1.82) is 0 Å². The van der Waals surface area contributed by atoms with Crippen molar-refractivity contribution in [2.75, 3.05) is 0 Å². The molecule has 0 saturated heterocycles. The molecule has 0 aliphatic carbocycles. The van der Waals surface area contributed by atoms with E-state index in [1.807, 2.05) is 12.1 Å². The lowest BCUT2D eigenvalue weighted by atomic mass is 10.1. The van der Waals surface area contributed by atoms with E-state index in [0.29, 0.717) is 5.92 Å². The van der Waals surface area contributed by atoms with Gasteiger partial charge in [0.1, 0.15) is 0 Å². The second kappa shape index (κ2) is 7.01. The molecule has 0 bridgehead atoms. The number of benzene rings is 1. The Bertz CT molecular complexity index is 808. The molecule has 3 nitrogen and oxygen atoms in total. The molecule has 0 atom stereocenters. The Morgan fingerprint density at radius 3 is 2.61 bits per heavy atom. The van der Waals surface area contributed by atoms with Crippen molar-refractivity contribution in [2.24, 2.45) is 10.9 Å². The highest BCUT2D eigenvalue weighted by Gasteiger charge is 2.11. The third kappa shape index (κ3) is 3.82. The Morgan fingerprint density at radius 2 is 1.96 bits per heavy atom. The average molecular weight is 326 g/mol. The van der Waals surface area contributed by atoms with Gasteiger partial charge >= 0.3 is 0 Å². The van der Waals surface area contributed by atoms with Crippen LogP contribution in [-0.2, 0) is 6.54 Å². The highest BCUT2D eigenvalue weighted by atomic mass is 32.1. The lowest BCUT2D eigenvalue weighted by molar-refractivity contribution is 0.505. The van der Waals surface area contributed by atoms with Gasteiger partial charge in [-0.15, -0.1) is 11.3 Å². The highest BCUT2D eigenvalue weighted by Crippen LogP contribution is 2.22. The van der Waals surface area contributed by atoms with E-state index < -0.39 is 0 Å². The fourth-order valence-corrected chi connectivity index (χ4v) is 3.31. The summed E-state index contributed by atoms with van der Waals surface area (Å²) in [6.45, 7) is 7.53. The van der Waals surface area contributed by atoms with Crippen LogP contribution < -0.4 is 4.80 Å². The van der Waals surface area contributed by atoms with Gasteiger partial charge in [0, 0.05) is 11.9 Å². The molecule has 0 saturated carbocycles. The first-order valence-electron chi connectivity index (χ1n) is 7.97. The van der Waals surface area contributed by atoms with Gasteiger partial charge in [0.15, 0.2) is 10.6 Å². The van der Waals surface area contributed by atoms with Crippen LogP contribution in [0.2, 0.25) is 0 Å². The Hall–Kier alpha value is -2.07. The van der Waals surface area contributed by atoms with Gasteiger partial charge in [-0.1, -0.05) is 31.5 Å². The van der Waals surface area contributed by atoms with E-state index in [0.717, 1.165) is 34.9 Å². The summed E-state index contributed by atoms with van der Waals surface area (Å²) in [6.07, 6.45) is 2.84. The summed E-state index contributed by atoms with van der Waals surface area (Å²) in [5, 5.41) is 2.13. The van der Waals surface area contributed by atoms with Crippen LogP contribution >= 0.6 is 11.3 Å². The van der Waals surface area contributed by atoms with Gasteiger partial charge in [-0.3, -0.25) is 0 Å². The maximum atomic E-state index is 5.59. The summed E-state index contributed by atoms with van der Waals surface area (Å²) in [6, 6.07) is 12.2. The summed E-state index contributed by atoms with van der Waals surface area (Å²) in [5.74, 6) is 1.55. The molecular formula is C19H22N2OS. The predicted molar refractivity (Wildman–Crippen MR) is 95.9 cm³/mol. The van der Waals surface area contributed by atoms with Crippen molar-refractivity contribution in [1.82, 2.24) is 4.57 Å². The summed E-state index contributed by atoms with van der Waals surface area (Å²) in [4.78, 5) is 5.85. The smallest absolute Gasteiger partial charge is 0.190 e. The summed E-state index contributed by atoms with van der Waals surface area (Å²) in [7, 11) is 0. The molecule has 120 valence electrons. The molecular weight excluding hydrogens is 304 g/mol. The van der Waals surface area contributed by atoms with Gasteiger partial charge in [0.05, 0.1) is 17.6 Å². The van der Waals surface area contributed by atoms with Gasteiger partial charge < -0.3 is 8.98 Å². The molecule has 1 aromatic carbocycles. The lowest BCUT2D eigenvalue weighted by Gasteiger charge is -2.09. The normalized spacial score (nSPS) is 12.3. The predicted octanol–water partition coefficient (Wildman–Crippen LogP) is 5.40. The molecule has 0 unspecified atom stereocenters. The topological polar surface area (TPSA) is 30.4 Å². The molecule has 3 rings (SSSR count). The average Bonchev–Trinajstić information content (AvgIpc) is 3.17. The second-order valence-electron chi connectivity index (χ2n) is 6.16. The van der Waals surface area contributed by atoms with E-state index in [9.17, 15) is 0 Å². The van der Waals surface area contributed by atoms with E-state index in [-0.39, 0.29) is 0 Å². The summed E-state index contributed by atoms with van der Waals surface area (Å²) < 4.78 is 7.86. The van der Waals surface area contributed by atoms with E-state index >= 15 is 0 Å². The van der Waals surface area contributed by atoms with Crippen molar-refractivity contribution in [3.05, 3.63) is 58.4 Å². The summed E-state index contributed by atoms with van der Waals surface area (Å²) >= 11 is 1.66. The van der Waals surface area contributed by atoms with Crippen molar-refractivity contribution in [3.63, 3.8) is 0 Å². The van der Waals surface area contributed by atoms with E-state index in [4.69, 9.17) is 9.41 Å². The zero-order chi connectivity index (χ0) is 16.2. The molecule has 3 aromatic rings. The van der Waals surface area contributed by atoms with Crippen molar-refractivity contribution in [2.45, 2.75) is 33.7 Å². The number of furan rings is 1. The van der Waals surface area contributed by atoms with Crippen LogP contribution in [0, 0.1) is 12.8 Å². The number of aryl methyl sites for hydroxylation is 1. The van der Waals surface area contributed by atoms with Gasteiger partial charge in [-0.25, -0.2) is 4.99 Å². The number of thiazole rings is 1. The Morgan fingerprint density at radius 1 is 1.17 bits per heavy atom. The monoisotopic (exact) mass is 326 g/mol. The van der Waals surface area contributed by atoms with E-state index in [1.165, 1.54) is 5.56 Å². The maximum Gasteiger partial charge on any atom is 0.190 e. The minimum atomic E-state index is 0.652. The quantitative estimate of drug-likeness (QED) is 0.617.